The molecule has 1 fully saturated rings. The van der Waals surface area contributed by atoms with E-state index in [1.165, 1.54) is 18.4 Å². The second-order valence-electron chi connectivity index (χ2n) is 14.8. The molecule has 5 aromatic carbocycles. The number of carbonyl (C=O) groups excluding carboxylic acids is 1. The van der Waals surface area contributed by atoms with Gasteiger partial charge in [-0.25, -0.2) is 14.5 Å². The number of rotatable bonds is 13. The van der Waals surface area contributed by atoms with Crippen molar-refractivity contribution in [2.24, 2.45) is 0 Å². The number of tetrazole rings is 1. The molecule has 0 atom stereocenters. The van der Waals surface area contributed by atoms with Crippen LogP contribution in [0.3, 0.4) is 0 Å². The molecule has 1 aliphatic rings. The molecule has 296 valence electrons. The van der Waals surface area contributed by atoms with E-state index in [9.17, 15) is 4.79 Å². The Kier molecular flexibility index (Phi) is 11.0. The highest BCUT2D eigenvalue weighted by Gasteiger charge is 2.42. The summed E-state index contributed by atoms with van der Waals surface area (Å²) in [6, 6.07) is 48.3. The first-order chi connectivity index (χ1) is 29.1. The fraction of sp³-hybridized carbons (Fsp3) is 0.229. The highest BCUT2D eigenvalue weighted by molar-refractivity contribution is 7.15. The Morgan fingerprint density at radius 3 is 1.95 bits per heavy atom. The van der Waals surface area contributed by atoms with Gasteiger partial charge in [0.25, 0.3) is 0 Å². The van der Waals surface area contributed by atoms with Gasteiger partial charge in [-0.05, 0) is 50.2 Å². The number of carbonyl (C=O) groups is 1. The lowest BCUT2D eigenvalue weighted by molar-refractivity contribution is 0.0347. The Morgan fingerprint density at radius 2 is 1.36 bits per heavy atom. The second-order valence-corrected chi connectivity index (χ2v) is 15.9. The molecule has 9 rings (SSSR count). The maximum Gasteiger partial charge on any atom is 0.350 e. The predicted molar refractivity (Wildman–Crippen MR) is 231 cm³/mol. The average Bonchev–Trinajstić information content (AvgIpc) is 4.02. The molecule has 0 radical (unpaired) electrons. The third-order valence-corrected chi connectivity index (χ3v) is 12.3. The van der Waals surface area contributed by atoms with Crippen molar-refractivity contribution in [2.45, 2.75) is 38.4 Å². The fourth-order valence-corrected chi connectivity index (χ4v) is 9.62. The van der Waals surface area contributed by atoms with Gasteiger partial charge in [-0.2, -0.15) is 0 Å². The number of benzene rings is 5. The second kappa shape index (κ2) is 16.9. The lowest BCUT2D eigenvalue weighted by Gasteiger charge is -2.36. The molecule has 0 N–H and O–H groups in total. The van der Waals surface area contributed by atoms with E-state index in [2.05, 4.69) is 137 Å². The maximum atomic E-state index is 13.3. The first-order valence-electron chi connectivity index (χ1n) is 20.1. The summed E-state index contributed by atoms with van der Waals surface area (Å²) < 4.78 is 15.1. The minimum Gasteiger partial charge on any atom is -0.465 e. The molecule has 0 unspecified atom stereocenters. The summed E-state index contributed by atoms with van der Waals surface area (Å²) in [7, 11) is 1.45. The molecule has 8 aromatic rings. The van der Waals surface area contributed by atoms with Crippen LogP contribution in [0.15, 0.2) is 140 Å². The minimum absolute atomic E-state index is 0.331. The third-order valence-electron chi connectivity index (χ3n) is 11.2. The van der Waals surface area contributed by atoms with Crippen molar-refractivity contribution in [3.05, 3.63) is 177 Å². The summed E-state index contributed by atoms with van der Waals surface area (Å²) in [4.78, 5) is 22.5. The molecular weight excluding hydrogens is 755 g/mol. The zero-order valence-electron chi connectivity index (χ0n) is 33.2. The highest BCUT2D eigenvalue weighted by atomic mass is 32.1. The van der Waals surface area contributed by atoms with E-state index in [4.69, 9.17) is 24.8 Å². The van der Waals surface area contributed by atoms with Gasteiger partial charge in [0.2, 0.25) is 0 Å². The van der Waals surface area contributed by atoms with E-state index in [1.54, 1.807) is 0 Å². The molecule has 0 saturated carbocycles. The lowest BCUT2D eigenvalue weighted by atomic mass is 9.77. The number of fused-ring (bicyclic) bond motifs is 1. The quantitative estimate of drug-likeness (QED) is 0.0843. The molecule has 0 aliphatic carbocycles. The Morgan fingerprint density at radius 1 is 0.763 bits per heavy atom. The monoisotopic (exact) mass is 799 g/mol. The Hall–Kier alpha value is -6.27. The SMILES string of the molecule is CCCc1nc2c(CN3CCOCC3)sc(C(=O)OC)c2n1Cc1ccc(-c2ccccc2-c2nnnn2C(c2ccccc2)(c2ccccc2)c2ccccc2)cc1. The summed E-state index contributed by atoms with van der Waals surface area (Å²) in [6.45, 7) is 6.58. The number of aryl methyl sites for hydroxylation is 1. The maximum absolute atomic E-state index is 13.3. The van der Waals surface area contributed by atoms with Crippen LogP contribution in [0, 0.1) is 0 Å². The van der Waals surface area contributed by atoms with Crippen LogP contribution in [0.4, 0.5) is 0 Å². The first kappa shape index (κ1) is 38.3. The summed E-state index contributed by atoms with van der Waals surface area (Å²) in [5, 5.41) is 13.9. The van der Waals surface area contributed by atoms with Crippen LogP contribution >= 0.6 is 11.3 Å². The number of methoxy groups -OCH3 is 1. The van der Waals surface area contributed by atoms with Crippen LogP contribution in [0.1, 0.15) is 56.0 Å². The summed E-state index contributed by atoms with van der Waals surface area (Å²) >= 11 is 1.50. The van der Waals surface area contributed by atoms with E-state index in [0.717, 1.165) is 93.2 Å². The standard InChI is InChI=1S/C48H45N7O3S/c1-3-15-42-49-43-41(33-53-28-30-58-31-29-53)59-45(47(56)57-2)44(43)54(42)32-34-24-26-35(27-25-34)39-22-13-14-23-40(39)46-50-51-52-55(46)48(36-16-7-4-8-17-36,37-18-9-5-10-19-37)38-20-11-6-12-21-38/h4-14,16-27H,3,15,28-33H2,1-2H3. The van der Waals surface area contributed by atoms with Crippen molar-refractivity contribution < 1.29 is 14.3 Å². The molecular formula is C48H45N7O3S. The number of nitrogens with zero attached hydrogens (tertiary/aromatic N) is 7. The van der Waals surface area contributed by atoms with Gasteiger partial charge in [0, 0.05) is 43.0 Å². The molecule has 10 nitrogen and oxygen atoms in total. The van der Waals surface area contributed by atoms with Crippen LogP contribution in [-0.4, -0.2) is 74.0 Å². The van der Waals surface area contributed by atoms with Crippen molar-refractivity contribution in [1.82, 2.24) is 34.7 Å². The lowest BCUT2D eigenvalue weighted by Crippen LogP contribution is -2.39. The number of ether oxygens (including phenoxy) is 2. The molecule has 1 saturated heterocycles. The smallest absolute Gasteiger partial charge is 0.350 e. The Balaban J connectivity index is 1.11. The summed E-state index contributed by atoms with van der Waals surface area (Å²) in [5.74, 6) is 1.29. The van der Waals surface area contributed by atoms with Crippen molar-refractivity contribution in [2.75, 3.05) is 33.4 Å². The largest absolute Gasteiger partial charge is 0.465 e. The summed E-state index contributed by atoms with van der Waals surface area (Å²) in [6.07, 6.45) is 1.73. The van der Waals surface area contributed by atoms with Gasteiger partial charge in [0.05, 0.1) is 25.8 Å². The number of hydrogen-bond donors (Lipinski definition) is 0. The van der Waals surface area contributed by atoms with Crippen LogP contribution in [-0.2, 0) is 34.5 Å². The predicted octanol–water partition coefficient (Wildman–Crippen LogP) is 8.88. The Labute approximate surface area is 347 Å². The van der Waals surface area contributed by atoms with E-state index >= 15 is 0 Å². The van der Waals surface area contributed by atoms with Crippen LogP contribution in [0.2, 0.25) is 0 Å². The van der Waals surface area contributed by atoms with Gasteiger partial charge < -0.3 is 14.0 Å². The zero-order chi connectivity index (χ0) is 40.2. The molecule has 0 bridgehead atoms. The van der Waals surface area contributed by atoms with Crippen LogP contribution in [0.25, 0.3) is 33.5 Å². The van der Waals surface area contributed by atoms with Crippen LogP contribution in [0.5, 0.6) is 0 Å². The molecule has 1 aliphatic heterocycles. The first-order valence-corrected chi connectivity index (χ1v) is 20.9. The topological polar surface area (TPSA) is 100 Å². The number of thiophene rings is 1. The fourth-order valence-electron chi connectivity index (χ4n) is 8.42. The van der Waals surface area contributed by atoms with E-state index in [1.807, 2.05) is 28.9 Å². The highest BCUT2D eigenvalue weighted by Crippen LogP contribution is 2.43. The van der Waals surface area contributed by atoms with Gasteiger partial charge in [-0.1, -0.05) is 146 Å². The normalized spacial score (nSPS) is 13.5. The van der Waals surface area contributed by atoms with Gasteiger partial charge in [0.1, 0.15) is 21.8 Å². The number of aromatic nitrogens is 6. The molecule has 3 aromatic heterocycles. The average molecular weight is 800 g/mol. The van der Waals surface area contributed by atoms with Crippen molar-refractivity contribution in [3.8, 4) is 22.5 Å². The summed E-state index contributed by atoms with van der Waals surface area (Å²) in [5.41, 5.74) is 8.04. The van der Waals surface area contributed by atoms with Crippen molar-refractivity contribution in [1.29, 1.82) is 0 Å². The van der Waals surface area contributed by atoms with Gasteiger partial charge in [-0.15, -0.1) is 16.4 Å². The molecule has 0 spiro atoms. The molecule has 59 heavy (non-hydrogen) atoms. The van der Waals surface area contributed by atoms with Gasteiger partial charge in [0.15, 0.2) is 5.82 Å². The van der Waals surface area contributed by atoms with Crippen molar-refractivity contribution in [3.63, 3.8) is 0 Å². The van der Waals surface area contributed by atoms with Crippen molar-refractivity contribution >= 4 is 28.3 Å². The van der Waals surface area contributed by atoms with E-state index in [-0.39, 0.29) is 5.97 Å². The zero-order valence-corrected chi connectivity index (χ0v) is 34.0. The van der Waals surface area contributed by atoms with Gasteiger partial charge >= 0.3 is 5.97 Å². The molecule has 11 heteroatoms. The van der Waals surface area contributed by atoms with E-state index < -0.39 is 5.54 Å². The van der Waals surface area contributed by atoms with Gasteiger partial charge in [-0.3, -0.25) is 4.90 Å². The molecule has 0 amide bonds. The Bertz CT molecular complexity index is 2570. The molecule has 4 heterocycles. The number of morpholine rings is 1. The number of imidazole rings is 1. The van der Waals surface area contributed by atoms with Crippen LogP contribution < -0.4 is 0 Å². The number of esters is 1. The third kappa shape index (κ3) is 7.15. The number of hydrogen-bond acceptors (Lipinski definition) is 9. The minimum atomic E-state index is -0.876. The van der Waals surface area contributed by atoms with E-state index in [0.29, 0.717) is 30.5 Å².